The second kappa shape index (κ2) is 10.3. The fourth-order valence-corrected chi connectivity index (χ4v) is 3.91. The molecule has 0 saturated heterocycles. The van der Waals surface area contributed by atoms with E-state index in [9.17, 15) is 9.59 Å². The third-order valence-corrected chi connectivity index (χ3v) is 5.41. The summed E-state index contributed by atoms with van der Waals surface area (Å²) < 4.78 is 10.9. The maximum Gasteiger partial charge on any atom is 0.322 e. The Balaban J connectivity index is 1.89. The number of aryl methyl sites for hydroxylation is 1. The number of nitrogens with zero attached hydrogens (tertiary/aromatic N) is 1. The van der Waals surface area contributed by atoms with Gasteiger partial charge in [-0.1, -0.05) is 12.1 Å². The number of nitrogens with one attached hydrogen (secondary N) is 3. The van der Waals surface area contributed by atoms with Gasteiger partial charge in [-0.25, -0.2) is 9.59 Å². The van der Waals surface area contributed by atoms with Crippen molar-refractivity contribution in [3.05, 3.63) is 53.1 Å². The largest absolute Gasteiger partial charge is 0.493 e. The number of hydrogen-bond donors (Lipinski definition) is 3. The van der Waals surface area contributed by atoms with Gasteiger partial charge in [0.15, 0.2) is 11.5 Å². The number of benzene rings is 2. The standard InChI is InChI=1S/C24H32N4O4/c1-15(2)26-23(29)25-14-20-19-13-22(32-5)21(31-4)12-17(19)9-10-28(20)24(30)27-18-8-6-7-16(3)11-18/h6-8,11-13,15,20H,9-10,14H2,1-5H3,(H,27,30)(H2,25,26,29)/t20-/m1/s1. The van der Waals surface area contributed by atoms with Crippen LogP contribution in [-0.2, 0) is 6.42 Å². The monoisotopic (exact) mass is 440 g/mol. The zero-order chi connectivity index (χ0) is 23.3. The van der Waals surface area contributed by atoms with Crippen molar-refractivity contribution in [2.24, 2.45) is 0 Å². The predicted octanol–water partition coefficient (Wildman–Crippen LogP) is 3.85. The summed E-state index contributed by atoms with van der Waals surface area (Å²) in [4.78, 5) is 27.2. The number of fused-ring (bicyclic) bond motifs is 1. The van der Waals surface area contributed by atoms with E-state index in [0.29, 0.717) is 24.5 Å². The average molecular weight is 441 g/mol. The van der Waals surface area contributed by atoms with E-state index >= 15 is 0 Å². The first kappa shape index (κ1) is 23.2. The maximum atomic E-state index is 13.2. The first-order valence-electron chi connectivity index (χ1n) is 10.8. The Hall–Kier alpha value is -3.42. The molecule has 0 aromatic heterocycles. The summed E-state index contributed by atoms with van der Waals surface area (Å²) >= 11 is 0. The van der Waals surface area contributed by atoms with Gasteiger partial charge in [0.2, 0.25) is 0 Å². The quantitative estimate of drug-likeness (QED) is 0.636. The number of urea groups is 2. The number of carbonyl (C=O) groups is 2. The van der Waals surface area contributed by atoms with E-state index in [1.807, 2.05) is 57.2 Å². The molecule has 1 aliphatic rings. The molecule has 0 aliphatic carbocycles. The van der Waals surface area contributed by atoms with Crippen LogP contribution >= 0.6 is 0 Å². The third kappa shape index (κ3) is 5.43. The molecule has 8 heteroatoms. The summed E-state index contributed by atoms with van der Waals surface area (Å²) in [6, 6.07) is 10.7. The highest BCUT2D eigenvalue weighted by atomic mass is 16.5. The molecular formula is C24H32N4O4. The third-order valence-electron chi connectivity index (χ3n) is 5.41. The fraction of sp³-hybridized carbons (Fsp3) is 0.417. The number of ether oxygens (including phenoxy) is 2. The lowest BCUT2D eigenvalue weighted by atomic mass is 9.92. The van der Waals surface area contributed by atoms with Gasteiger partial charge in [-0.2, -0.15) is 0 Å². The molecule has 1 heterocycles. The van der Waals surface area contributed by atoms with Crippen LogP contribution in [0.4, 0.5) is 15.3 Å². The van der Waals surface area contributed by atoms with E-state index in [1.165, 1.54) is 0 Å². The van der Waals surface area contributed by atoms with Gasteiger partial charge in [0.25, 0.3) is 0 Å². The summed E-state index contributed by atoms with van der Waals surface area (Å²) in [5.41, 5.74) is 3.79. The van der Waals surface area contributed by atoms with E-state index < -0.39 is 0 Å². The zero-order valence-electron chi connectivity index (χ0n) is 19.3. The summed E-state index contributed by atoms with van der Waals surface area (Å²) in [5, 5.41) is 8.72. The zero-order valence-corrected chi connectivity index (χ0v) is 19.3. The van der Waals surface area contributed by atoms with Crippen LogP contribution in [0.2, 0.25) is 0 Å². The maximum absolute atomic E-state index is 13.2. The van der Waals surface area contributed by atoms with Crippen molar-refractivity contribution in [2.75, 3.05) is 32.6 Å². The molecular weight excluding hydrogens is 408 g/mol. The highest BCUT2D eigenvalue weighted by Crippen LogP contribution is 2.38. The van der Waals surface area contributed by atoms with Gasteiger partial charge in [0.1, 0.15) is 0 Å². The minimum atomic E-state index is -0.360. The second-order valence-electron chi connectivity index (χ2n) is 8.17. The van der Waals surface area contributed by atoms with Crippen molar-refractivity contribution in [3.8, 4) is 11.5 Å². The molecule has 0 bridgehead atoms. The highest BCUT2D eigenvalue weighted by molar-refractivity contribution is 5.90. The molecule has 32 heavy (non-hydrogen) atoms. The first-order chi connectivity index (χ1) is 15.3. The number of anilines is 1. The number of rotatable bonds is 6. The molecule has 172 valence electrons. The van der Waals surface area contributed by atoms with Gasteiger partial charge in [0, 0.05) is 24.8 Å². The topological polar surface area (TPSA) is 91.9 Å². The molecule has 4 amide bonds. The SMILES string of the molecule is COc1cc2c(cc1OC)[C@@H](CNC(=O)NC(C)C)N(C(=O)Nc1cccc(C)c1)CC2. The van der Waals surface area contributed by atoms with E-state index in [-0.39, 0.29) is 30.7 Å². The van der Waals surface area contributed by atoms with E-state index in [0.717, 1.165) is 22.4 Å². The van der Waals surface area contributed by atoms with Gasteiger partial charge in [-0.15, -0.1) is 0 Å². The number of methoxy groups -OCH3 is 2. The van der Waals surface area contributed by atoms with Crippen LogP contribution in [0, 0.1) is 6.92 Å². The molecule has 0 spiro atoms. The van der Waals surface area contributed by atoms with Gasteiger partial charge in [-0.05, 0) is 68.1 Å². The average Bonchev–Trinajstić information content (AvgIpc) is 2.75. The van der Waals surface area contributed by atoms with Gasteiger partial charge in [-0.3, -0.25) is 0 Å². The van der Waals surface area contributed by atoms with Crippen molar-refractivity contribution < 1.29 is 19.1 Å². The van der Waals surface area contributed by atoms with Crippen molar-refractivity contribution in [1.29, 1.82) is 0 Å². The van der Waals surface area contributed by atoms with Crippen molar-refractivity contribution in [2.45, 2.75) is 39.3 Å². The predicted molar refractivity (Wildman–Crippen MR) is 125 cm³/mol. The van der Waals surface area contributed by atoms with E-state index in [2.05, 4.69) is 16.0 Å². The van der Waals surface area contributed by atoms with E-state index in [1.54, 1.807) is 19.1 Å². The number of amides is 4. The van der Waals surface area contributed by atoms with Crippen molar-refractivity contribution in [1.82, 2.24) is 15.5 Å². The molecule has 0 radical (unpaired) electrons. The van der Waals surface area contributed by atoms with Crippen LogP contribution in [0.15, 0.2) is 36.4 Å². The summed E-state index contributed by atoms with van der Waals surface area (Å²) in [7, 11) is 3.18. The summed E-state index contributed by atoms with van der Waals surface area (Å²) in [6.45, 7) is 6.55. The molecule has 2 aromatic carbocycles. The lowest BCUT2D eigenvalue weighted by Crippen LogP contribution is -2.49. The molecule has 3 rings (SSSR count). The summed E-state index contributed by atoms with van der Waals surface area (Å²) in [5.74, 6) is 1.23. The molecule has 0 saturated carbocycles. The van der Waals surface area contributed by atoms with Crippen LogP contribution in [0.1, 0.15) is 36.6 Å². The van der Waals surface area contributed by atoms with E-state index in [4.69, 9.17) is 9.47 Å². The Morgan fingerprint density at radius 2 is 1.84 bits per heavy atom. The second-order valence-corrected chi connectivity index (χ2v) is 8.17. The molecule has 1 aliphatic heterocycles. The van der Waals surface area contributed by atoms with Crippen LogP contribution in [0.5, 0.6) is 11.5 Å². The van der Waals surface area contributed by atoms with Gasteiger partial charge in [0.05, 0.1) is 20.3 Å². The van der Waals surface area contributed by atoms with Crippen LogP contribution in [0.3, 0.4) is 0 Å². The Bertz CT molecular complexity index is 976. The molecule has 1 atom stereocenters. The molecule has 2 aromatic rings. The lowest BCUT2D eigenvalue weighted by molar-refractivity contribution is 0.179. The smallest absolute Gasteiger partial charge is 0.322 e. The highest BCUT2D eigenvalue weighted by Gasteiger charge is 2.32. The number of hydrogen-bond acceptors (Lipinski definition) is 4. The van der Waals surface area contributed by atoms with Crippen LogP contribution < -0.4 is 25.4 Å². The molecule has 8 nitrogen and oxygen atoms in total. The lowest BCUT2D eigenvalue weighted by Gasteiger charge is -2.38. The van der Waals surface area contributed by atoms with Gasteiger partial charge >= 0.3 is 12.1 Å². The molecule has 0 fully saturated rings. The molecule has 0 unspecified atom stereocenters. The van der Waals surface area contributed by atoms with Crippen LogP contribution in [-0.4, -0.2) is 50.3 Å². The molecule has 3 N–H and O–H groups in total. The fourth-order valence-electron chi connectivity index (χ4n) is 3.91. The number of carbonyl (C=O) groups excluding carboxylic acids is 2. The van der Waals surface area contributed by atoms with Crippen molar-refractivity contribution in [3.63, 3.8) is 0 Å². The summed E-state index contributed by atoms with van der Waals surface area (Å²) in [6.07, 6.45) is 0.672. The Labute approximate surface area is 189 Å². The first-order valence-corrected chi connectivity index (χ1v) is 10.8. The van der Waals surface area contributed by atoms with Gasteiger partial charge < -0.3 is 30.3 Å². The van der Waals surface area contributed by atoms with Crippen LogP contribution in [0.25, 0.3) is 0 Å². The minimum Gasteiger partial charge on any atom is -0.493 e. The normalized spacial score (nSPS) is 15.1. The Kier molecular flexibility index (Phi) is 7.45. The Morgan fingerprint density at radius 3 is 2.50 bits per heavy atom. The Morgan fingerprint density at radius 1 is 1.12 bits per heavy atom. The minimum absolute atomic E-state index is 0.0127. The van der Waals surface area contributed by atoms with Crippen molar-refractivity contribution >= 4 is 17.7 Å².